The maximum Gasteiger partial charge on any atom is 0.254 e. The summed E-state index contributed by atoms with van der Waals surface area (Å²) in [6.07, 6.45) is 2.91. The van der Waals surface area contributed by atoms with Crippen molar-refractivity contribution in [3.63, 3.8) is 0 Å². The molecule has 0 aliphatic carbocycles. The average Bonchev–Trinajstić information content (AvgIpc) is 2.84. The van der Waals surface area contributed by atoms with Crippen LogP contribution in [0.15, 0.2) is 36.4 Å². The first-order chi connectivity index (χ1) is 16.5. The van der Waals surface area contributed by atoms with Gasteiger partial charge in [-0.15, -0.1) is 0 Å². The molecule has 6 heteroatoms. The van der Waals surface area contributed by atoms with Gasteiger partial charge in [0.25, 0.3) is 5.91 Å². The van der Waals surface area contributed by atoms with Crippen molar-refractivity contribution in [3.8, 4) is 11.5 Å². The molecular formula is C28H34N2O4. The molecule has 3 atom stereocenters. The second-order valence-corrected chi connectivity index (χ2v) is 9.65. The van der Waals surface area contributed by atoms with Gasteiger partial charge in [0.1, 0.15) is 0 Å². The molecule has 0 radical (unpaired) electrons. The number of benzene rings is 2. The van der Waals surface area contributed by atoms with Crippen LogP contribution in [-0.2, 0) is 11.2 Å². The van der Waals surface area contributed by atoms with Crippen LogP contribution in [0.25, 0.3) is 0 Å². The van der Waals surface area contributed by atoms with Crippen LogP contribution in [0.3, 0.4) is 0 Å². The number of ether oxygens (including phenoxy) is 2. The number of amides is 2. The van der Waals surface area contributed by atoms with E-state index < -0.39 is 5.92 Å². The number of piperidine rings is 1. The van der Waals surface area contributed by atoms with Crippen LogP contribution in [0.2, 0.25) is 0 Å². The number of fused-ring (bicyclic) bond motifs is 4. The van der Waals surface area contributed by atoms with Crippen LogP contribution < -0.4 is 9.47 Å². The monoisotopic (exact) mass is 462 g/mol. The van der Waals surface area contributed by atoms with Crippen molar-refractivity contribution in [1.82, 2.24) is 9.80 Å². The topological polar surface area (TPSA) is 59.1 Å². The third-order valence-electron chi connectivity index (χ3n) is 7.42. The van der Waals surface area contributed by atoms with E-state index in [1.54, 1.807) is 0 Å². The Morgan fingerprint density at radius 1 is 1.03 bits per heavy atom. The predicted molar refractivity (Wildman–Crippen MR) is 130 cm³/mol. The molecule has 2 aromatic carbocycles. The van der Waals surface area contributed by atoms with Gasteiger partial charge in [-0.3, -0.25) is 9.59 Å². The summed E-state index contributed by atoms with van der Waals surface area (Å²) in [5.41, 5.74) is 3.63. The lowest BCUT2D eigenvalue weighted by atomic mass is 9.75. The molecule has 34 heavy (non-hydrogen) atoms. The second kappa shape index (κ2) is 9.32. The summed E-state index contributed by atoms with van der Waals surface area (Å²) in [5.74, 6) is 1.60. The molecule has 5 rings (SSSR count). The molecular weight excluding hydrogens is 428 g/mol. The van der Waals surface area contributed by atoms with Crippen molar-refractivity contribution in [1.29, 1.82) is 0 Å². The molecule has 1 saturated heterocycles. The van der Waals surface area contributed by atoms with Crippen molar-refractivity contribution in [2.24, 2.45) is 5.92 Å². The minimum Gasteiger partial charge on any atom is -0.490 e. The number of rotatable bonds is 5. The first-order valence-corrected chi connectivity index (χ1v) is 12.6. The standard InChI is InChI=1S/C28H34N2O4/c1-4-33-23-15-19-12-14-30-26(22(19)16-24(23)34-5-2)25(20-10-6-7-11-21(20)27(30)31)28(32)29-13-8-9-18(3)17-29/h6-7,10-11,15-16,18,25-26H,4-5,8-9,12-14,17H2,1-3H3/t18-,25-,26+/m0/s1. The quantitative estimate of drug-likeness (QED) is 0.653. The molecule has 3 heterocycles. The molecule has 0 saturated carbocycles. The van der Waals surface area contributed by atoms with Gasteiger partial charge in [-0.25, -0.2) is 0 Å². The summed E-state index contributed by atoms with van der Waals surface area (Å²) in [7, 11) is 0. The number of nitrogens with zero attached hydrogens (tertiary/aromatic N) is 2. The fourth-order valence-electron chi connectivity index (χ4n) is 5.92. The highest BCUT2D eigenvalue weighted by atomic mass is 16.5. The van der Waals surface area contributed by atoms with Crippen molar-refractivity contribution in [2.45, 2.75) is 52.0 Å². The van der Waals surface area contributed by atoms with Gasteiger partial charge in [-0.05, 0) is 73.9 Å². The maximum atomic E-state index is 14.1. The van der Waals surface area contributed by atoms with Crippen molar-refractivity contribution >= 4 is 11.8 Å². The van der Waals surface area contributed by atoms with Crippen molar-refractivity contribution in [3.05, 3.63) is 58.7 Å². The first-order valence-electron chi connectivity index (χ1n) is 12.6. The van der Waals surface area contributed by atoms with E-state index >= 15 is 0 Å². The van der Waals surface area contributed by atoms with Crippen LogP contribution in [0.5, 0.6) is 11.5 Å². The van der Waals surface area contributed by atoms with E-state index in [1.807, 2.05) is 54.0 Å². The van der Waals surface area contributed by atoms with Gasteiger partial charge >= 0.3 is 0 Å². The van der Waals surface area contributed by atoms with Gasteiger partial charge < -0.3 is 19.3 Å². The van der Waals surface area contributed by atoms with E-state index in [1.165, 1.54) is 0 Å². The minimum absolute atomic E-state index is 0.00848. The Morgan fingerprint density at radius 2 is 1.76 bits per heavy atom. The SMILES string of the molecule is CCOc1cc2c(cc1OCC)[C@@H]1[C@@H](C(=O)N3CCC[C@H](C)C3)c3ccccc3C(=O)N1CC2. The van der Waals surface area contributed by atoms with E-state index in [0.717, 1.165) is 54.8 Å². The van der Waals surface area contributed by atoms with Crippen LogP contribution in [0, 0.1) is 5.92 Å². The molecule has 180 valence electrons. The van der Waals surface area contributed by atoms with E-state index in [9.17, 15) is 9.59 Å². The molecule has 3 aliphatic rings. The summed E-state index contributed by atoms with van der Waals surface area (Å²) in [6, 6.07) is 11.4. The Kier molecular flexibility index (Phi) is 6.24. The lowest BCUT2D eigenvalue weighted by Crippen LogP contribution is -2.52. The maximum absolute atomic E-state index is 14.1. The van der Waals surface area contributed by atoms with E-state index in [4.69, 9.17) is 9.47 Å². The van der Waals surface area contributed by atoms with Crippen LogP contribution in [0.1, 0.15) is 72.6 Å². The lowest BCUT2D eigenvalue weighted by Gasteiger charge is -2.47. The van der Waals surface area contributed by atoms with Gasteiger partial charge in [0.2, 0.25) is 5.91 Å². The molecule has 3 aliphatic heterocycles. The zero-order valence-corrected chi connectivity index (χ0v) is 20.4. The number of hydrogen-bond acceptors (Lipinski definition) is 4. The first kappa shape index (κ1) is 22.8. The number of carbonyl (C=O) groups excluding carboxylic acids is 2. The normalized spacial score (nSPS) is 23.6. The van der Waals surface area contributed by atoms with Gasteiger partial charge in [0.15, 0.2) is 11.5 Å². The zero-order chi connectivity index (χ0) is 23.8. The van der Waals surface area contributed by atoms with E-state index in [-0.39, 0.29) is 17.9 Å². The molecule has 2 amide bonds. The number of carbonyl (C=O) groups is 2. The third-order valence-corrected chi connectivity index (χ3v) is 7.42. The highest BCUT2D eigenvalue weighted by molar-refractivity contribution is 6.01. The van der Waals surface area contributed by atoms with E-state index in [2.05, 4.69) is 13.0 Å². The van der Waals surface area contributed by atoms with Crippen molar-refractivity contribution in [2.75, 3.05) is 32.8 Å². The molecule has 6 nitrogen and oxygen atoms in total. The summed E-state index contributed by atoms with van der Waals surface area (Å²) in [5, 5.41) is 0. The lowest BCUT2D eigenvalue weighted by molar-refractivity contribution is -0.136. The van der Waals surface area contributed by atoms with Crippen LogP contribution in [-0.4, -0.2) is 54.5 Å². The van der Waals surface area contributed by atoms with Gasteiger partial charge in [-0.1, -0.05) is 25.1 Å². The minimum atomic E-state index is -0.425. The highest BCUT2D eigenvalue weighted by Gasteiger charge is 2.48. The number of likely N-dealkylation sites (tertiary alicyclic amines) is 1. The third kappa shape index (κ3) is 3.83. The molecule has 2 aromatic rings. The summed E-state index contributed by atoms with van der Waals surface area (Å²) in [4.78, 5) is 31.7. The fraction of sp³-hybridized carbons (Fsp3) is 0.500. The Labute approximate surface area is 201 Å². The molecule has 0 N–H and O–H groups in total. The fourth-order valence-corrected chi connectivity index (χ4v) is 5.92. The number of hydrogen-bond donors (Lipinski definition) is 0. The Balaban J connectivity index is 1.65. The largest absolute Gasteiger partial charge is 0.490 e. The molecule has 0 spiro atoms. The summed E-state index contributed by atoms with van der Waals surface area (Å²) in [6.45, 7) is 9.33. The van der Waals surface area contributed by atoms with Crippen LogP contribution >= 0.6 is 0 Å². The highest BCUT2D eigenvalue weighted by Crippen LogP contribution is 2.49. The van der Waals surface area contributed by atoms with Crippen LogP contribution in [0.4, 0.5) is 0 Å². The molecule has 0 unspecified atom stereocenters. The Morgan fingerprint density at radius 3 is 2.50 bits per heavy atom. The molecule has 0 aromatic heterocycles. The second-order valence-electron chi connectivity index (χ2n) is 9.65. The zero-order valence-electron chi connectivity index (χ0n) is 20.4. The summed E-state index contributed by atoms with van der Waals surface area (Å²) >= 11 is 0. The van der Waals surface area contributed by atoms with E-state index in [0.29, 0.717) is 37.0 Å². The van der Waals surface area contributed by atoms with Crippen molar-refractivity contribution < 1.29 is 19.1 Å². The Hall–Kier alpha value is -3.02. The van der Waals surface area contributed by atoms with Gasteiger partial charge in [-0.2, -0.15) is 0 Å². The molecule has 1 fully saturated rings. The Bertz CT molecular complexity index is 1100. The summed E-state index contributed by atoms with van der Waals surface area (Å²) < 4.78 is 11.8. The van der Waals surface area contributed by atoms with Gasteiger partial charge in [0.05, 0.1) is 25.2 Å². The smallest absolute Gasteiger partial charge is 0.254 e. The molecule has 0 bridgehead atoms. The predicted octanol–water partition coefficient (Wildman–Crippen LogP) is 4.58. The average molecular weight is 463 g/mol. The van der Waals surface area contributed by atoms with Gasteiger partial charge in [0, 0.05) is 25.2 Å².